The van der Waals surface area contributed by atoms with Crippen LogP contribution in [0.5, 0.6) is 0 Å². The number of halogens is 1. The zero-order valence-corrected chi connectivity index (χ0v) is 14.3. The van der Waals surface area contributed by atoms with Crippen LogP contribution in [0.25, 0.3) is 0 Å². The minimum atomic E-state index is -0.788. The van der Waals surface area contributed by atoms with Gasteiger partial charge in [0.25, 0.3) is 0 Å². The van der Waals surface area contributed by atoms with Crippen LogP contribution in [0.1, 0.15) is 20.8 Å². The SMILES string of the molecule is CC1C(=O)N(CCOC(=O)C(C)(C)Br)C(=O)C2C=CC23OC13. The molecule has 4 unspecified atom stereocenters. The molecule has 0 bridgehead atoms. The Balaban J connectivity index is 1.66. The van der Waals surface area contributed by atoms with Crippen molar-refractivity contribution in [2.24, 2.45) is 11.8 Å². The molecule has 1 spiro atoms. The fourth-order valence-electron chi connectivity index (χ4n) is 2.99. The van der Waals surface area contributed by atoms with Gasteiger partial charge in [0.2, 0.25) is 11.8 Å². The van der Waals surface area contributed by atoms with Crippen molar-refractivity contribution in [3.8, 4) is 0 Å². The number of alkyl halides is 1. The largest absolute Gasteiger partial charge is 0.463 e. The molecule has 0 radical (unpaired) electrons. The van der Waals surface area contributed by atoms with Crippen molar-refractivity contribution in [1.82, 2.24) is 4.90 Å². The lowest BCUT2D eigenvalue weighted by Gasteiger charge is -2.29. The summed E-state index contributed by atoms with van der Waals surface area (Å²) < 4.78 is 9.92. The number of likely N-dealkylation sites (tertiary alicyclic amines) is 1. The highest BCUT2D eigenvalue weighted by Crippen LogP contribution is 2.56. The van der Waals surface area contributed by atoms with Gasteiger partial charge >= 0.3 is 5.97 Å². The van der Waals surface area contributed by atoms with Crippen LogP contribution in [0.2, 0.25) is 0 Å². The van der Waals surface area contributed by atoms with Gasteiger partial charge in [0.1, 0.15) is 22.6 Å². The third kappa shape index (κ3) is 2.22. The second-order valence-corrected chi connectivity index (χ2v) is 8.44. The molecule has 0 saturated carbocycles. The maximum absolute atomic E-state index is 12.5. The number of ether oxygens (including phenoxy) is 2. The number of amides is 2. The van der Waals surface area contributed by atoms with Gasteiger partial charge in [-0.05, 0) is 13.8 Å². The van der Waals surface area contributed by atoms with Crippen LogP contribution in [0, 0.1) is 11.8 Å². The molecule has 3 rings (SSSR count). The molecule has 2 fully saturated rings. The molecule has 0 N–H and O–H groups in total. The van der Waals surface area contributed by atoms with Gasteiger partial charge in [0.15, 0.2) is 0 Å². The first kappa shape index (κ1) is 15.7. The molecule has 3 aliphatic rings. The standard InChI is InChI=1S/C15H18BrNO5/c1-8-10-15(22-10)5-4-9(15)12(19)17(11(8)18)6-7-21-13(20)14(2,3)16/h4-5,8-10H,6-7H2,1-3H3. The highest BCUT2D eigenvalue weighted by molar-refractivity contribution is 9.10. The van der Waals surface area contributed by atoms with E-state index < -0.39 is 21.8 Å². The van der Waals surface area contributed by atoms with Crippen LogP contribution < -0.4 is 0 Å². The highest BCUT2D eigenvalue weighted by atomic mass is 79.9. The van der Waals surface area contributed by atoms with Gasteiger partial charge in [0.05, 0.1) is 18.4 Å². The molecule has 2 saturated heterocycles. The van der Waals surface area contributed by atoms with Gasteiger partial charge < -0.3 is 9.47 Å². The van der Waals surface area contributed by atoms with Crippen LogP contribution >= 0.6 is 15.9 Å². The molecule has 1 aliphatic carbocycles. The summed E-state index contributed by atoms with van der Waals surface area (Å²) in [7, 11) is 0. The number of rotatable bonds is 4. The van der Waals surface area contributed by atoms with Gasteiger partial charge in [-0.1, -0.05) is 35.0 Å². The minimum absolute atomic E-state index is 0.00692. The Bertz CT molecular complexity index is 581. The predicted molar refractivity (Wildman–Crippen MR) is 80.1 cm³/mol. The number of hydrogen-bond donors (Lipinski definition) is 0. The lowest BCUT2D eigenvalue weighted by molar-refractivity contribution is -0.154. The van der Waals surface area contributed by atoms with Gasteiger partial charge in [-0.3, -0.25) is 19.3 Å². The van der Waals surface area contributed by atoms with Crippen molar-refractivity contribution in [2.75, 3.05) is 13.2 Å². The average Bonchev–Trinajstić information content (AvgIpc) is 3.16. The van der Waals surface area contributed by atoms with Crippen LogP contribution in [0.15, 0.2) is 12.2 Å². The monoisotopic (exact) mass is 371 g/mol. The topological polar surface area (TPSA) is 76.2 Å². The Kier molecular flexibility index (Phi) is 3.49. The summed E-state index contributed by atoms with van der Waals surface area (Å²) in [4.78, 5) is 37.8. The van der Waals surface area contributed by atoms with E-state index in [0.29, 0.717) is 0 Å². The number of imide groups is 1. The fourth-order valence-corrected chi connectivity index (χ4v) is 3.11. The van der Waals surface area contributed by atoms with Crippen molar-refractivity contribution in [3.63, 3.8) is 0 Å². The molecule has 0 aromatic heterocycles. The molecule has 22 heavy (non-hydrogen) atoms. The van der Waals surface area contributed by atoms with E-state index in [1.165, 1.54) is 4.90 Å². The first-order chi connectivity index (χ1) is 10.2. The van der Waals surface area contributed by atoms with Crippen molar-refractivity contribution in [2.45, 2.75) is 36.8 Å². The molecule has 2 heterocycles. The maximum atomic E-state index is 12.5. The van der Waals surface area contributed by atoms with E-state index in [1.54, 1.807) is 26.8 Å². The van der Waals surface area contributed by atoms with E-state index >= 15 is 0 Å². The van der Waals surface area contributed by atoms with Gasteiger partial charge in [-0.2, -0.15) is 0 Å². The molecule has 4 atom stereocenters. The molecular formula is C15H18BrNO5. The van der Waals surface area contributed by atoms with Crippen molar-refractivity contribution >= 4 is 33.7 Å². The Morgan fingerprint density at radius 2 is 2.14 bits per heavy atom. The van der Waals surface area contributed by atoms with Crippen LogP contribution in [0.3, 0.4) is 0 Å². The number of hydrogen-bond acceptors (Lipinski definition) is 5. The Labute approximate surface area is 136 Å². The average molecular weight is 372 g/mol. The van der Waals surface area contributed by atoms with Crippen LogP contribution in [0.4, 0.5) is 0 Å². The van der Waals surface area contributed by atoms with Crippen LogP contribution in [-0.4, -0.2) is 51.9 Å². The lowest BCUT2D eigenvalue weighted by atomic mass is 9.77. The number of esters is 1. The van der Waals surface area contributed by atoms with E-state index in [1.807, 2.05) is 6.08 Å². The van der Waals surface area contributed by atoms with Gasteiger partial charge in [-0.15, -0.1) is 0 Å². The summed E-state index contributed by atoms with van der Waals surface area (Å²) in [5, 5.41) is 0. The highest BCUT2D eigenvalue weighted by Gasteiger charge is 2.70. The fraction of sp³-hybridized carbons (Fsp3) is 0.667. The Morgan fingerprint density at radius 3 is 2.68 bits per heavy atom. The third-order valence-electron chi connectivity index (χ3n) is 4.43. The lowest BCUT2D eigenvalue weighted by Crippen LogP contribution is -2.47. The first-order valence-electron chi connectivity index (χ1n) is 7.27. The van der Waals surface area contributed by atoms with Gasteiger partial charge in [-0.25, -0.2) is 0 Å². The molecular weight excluding hydrogens is 354 g/mol. The number of nitrogens with zero attached hydrogens (tertiary/aromatic N) is 1. The summed E-state index contributed by atoms with van der Waals surface area (Å²) in [5.74, 6) is -1.73. The number of carbonyl (C=O) groups excluding carboxylic acids is 3. The summed E-state index contributed by atoms with van der Waals surface area (Å²) >= 11 is 3.21. The Morgan fingerprint density at radius 1 is 1.45 bits per heavy atom. The molecule has 2 amide bonds. The number of epoxide rings is 1. The predicted octanol–water partition coefficient (Wildman–Crippen LogP) is 1.03. The molecule has 2 aliphatic heterocycles. The molecule has 120 valence electrons. The minimum Gasteiger partial charge on any atom is -0.463 e. The summed E-state index contributed by atoms with van der Waals surface area (Å²) in [6.45, 7) is 5.18. The zero-order valence-electron chi connectivity index (χ0n) is 12.7. The third-order valence-corrected chi connectivity index (χ3v) is 4.75. The smallest absolute Gasteiger partial charge is 0.322 e. The summed E-state index contributed by atoms with van der Waals surface area (Å²) in [6.07, 6.45) is 3.42. The molecule has 0 aromatic carbocycles. The zero-order chi connectivity index (χ0) is 16.3. The van der Waals surface area contributed by atoms with Crippen molar-refractivity contribution in [3.05, 3.63) is 12.2 Å². The normalized spacial score (nSPS) is 36.2. The number of carbonyl (C=O) groups is 3. The molecule has 6 nitrogen and oxygen atoms in total. The van der Waals surface area contributed by atoms with E-state index in [2.05, 4.69) is 15.9 Å². The van der Waals surface area contributed by atoms with Gasteiger partial charge in [0, 0.05) is 0 Å². The van der Waals surface area contributed by atoms with E-state index in [9.17, 15) is 14.4 Å². The van der Waals surface area contributed by atoms with Crippen LogP contribution in [-0.2, 0) is 23.9 Å². The summed E-state index contributed by atoms with van der Waals surface area (Å²) in [6, 6.07) is 0. The van der Waals surface area contributed by atoms with E-state index in [0.717, 1.165) is 0 Å². The summed E-state index contributed by atoms with van der Waals surface area (Å²) in [5.41, 5.74) is -0.560. The first-order valence-corrected chi connectivity index (χ1v) is 8.06. The van der Waals surface area contributed by atoms with E-state index in [4.69, 9.17) is 9.47 Å². The van der Waals surface area contributed by atoms with Crippen molar-refractivity contribution in [1.29, 1.82) is 0 Å². The van der Waals surface area contributed by atoms with Crippen molar-refractivity contribution < 1.29 is 23.9 Å². The maximum Gasteiger partial charge on any atom is 0.322 e. The molecule has 0 aromatic rings. The van der Waals surface area contributed by atoms with E-state index in [-0.39, 0.29) is 37.0 Å². The molecule has 7 heteroatoms. The second kappa shape index (κ2) is 4.89. The second-order valence-electron chi connectivity index (χ2n) is 6.45. The Hall–Kier alpha value is -1.21. The quantitative estimate of drug-likeness (QED) is 0.242.